The van der Waals surface area contributed by atoms with Gasteiger partial charge in [-0.05, 0) is 37.1 Å². The minimum Gasteiger partial charge on any atom is -0.507 e. The molecular formula is C20H22N2O4. The van der Waals surface area contributed by atoms with Crippen molar-refractivity contribution in [2.75, 3.05) is 14.2 Å². The van der Waals surface area contributed by atoms with Crippen LogP contribution in [0.5, 0.6) is 17.2 Å². The van der Waals surface area contributed by atoms with E-state index in [1.807, 2.05) is 6.92 Å². The summed E-state index contributed by atoms with van der Waals surface area (Å²) in [6, 6.07) is 8.76. The van der Waals surface area contributed by atoms with Gasteiger partial charge in [0.15, 0.2) is 17.1 Å². The molecule has 0 spiro atoms. The molecule has 2 heterocycles. The van der Waals surface area contributed by atoms with Gasteiger partial charge in [-0.3, -0.25) is 9.36 Å². The molecule has 0 radical (unpaired) electrons. The highest BCUT2D eigenvalue weighted by molar-refractivity contribution is 5.84. The van der Waals surface area contributed by atoms with E-state index < -0.39 is 0 Å². The first kappa shape index (κ1) is 17.8. The monoisotopic (exact) mass is 354 g/mol. The maximum absolute atomic E-state index is 13.2. The van der Waals surface area contributed by atoms with E-state index in [0.29, 0.717) is 40.2 Å². The van der Waals surface area contributed by atoms with Crippen LogP contribution in [0.15, 0.2) is 41.3 Å². The average Bonchev–Trinajstić information content (AvgIpc) is 2.68. The zero-order chi connectivity index (χ0) is 18.7. The Labute approximate surface area is 151 Å². The zero-order valence-corrected chi connectivity index (χ0v) is 15.2. The van der Waals surface area contributed by atoms with Gasteiger partial charge < -0.3 is 14.6 Å². The third-order valence-electron chi connectivity index (χ3n) is 4.41. The Morgan fingerprint density at radius 1 is 1.15 bits per heavy atom. The lowest BCUT2D eigenvalue weighted by molar-refractivity contribution is 0.355. The Hall–Kier alpha value is -3.02. The van der Waals surface area contributed by atoms with Crippen LogP contribution in [0, 0.1) is 0 Å². The topological polar surface area (TPSA) is 73.6 Å². The molecule has 2 aromatic heterocycles. The predicted octanol–water partition coefficient (Wildman–Crippen LogP) is 3.45. The first-order chi connectivity index (χ1) is 12.6. The largest absolute Gasteiger partial charge is 0.507 e. The second-order valence-corrected chi connectivity index (χ2v) is 5.99. The number of ether oxygens (including phenoxy) is 2. The van der Waals surface area contributed by atoms with Crippen LogP contribution in [0.1, 0.15) is 25.3 Å². The number of benzene rings is 1. The number of fused-ring (bicyclic) bond motifs is 1. The van der Waals surface area contributed by atoms with Gasteiger partial charge in [0.2, 0.25) is 0 Å². The Morgan fingerprint density at radius 2 is 1.92 bits per heavy atom. The molecule has 3 aromatic rings. The van der Waals surface area contributed by atoms with Crippen LogP contribution in [-0.2, 0) is 6.42 Å². The zero-order valence-electron chi connectivity index (χ0n) is 15.2. The molecule has 26 heavy (non-hydrogen) atoms. The summed E-state index contributed by atoms with van der Waals surface area (Å²) in [6.07, 6.45) is 3.87. The average molecular weight is 354 g/mol. The Balaban J connectivity index is 2.33. The Bertz CT molecular complexity index is 995. The number of methoxy groups -OCH3 is 2. The van der Waals surface area contributed by atoms with E-state index in [4.69, 9.17) is 9.47 Å². The summed E-state index contributed by atoms with van der Waals surface area (Å²) in [5.74, 6) is 1.11. The van der Waals surface area contributed by atoms with Crippen LogP contribution in [0.25, 0.3) is 16.7 Å². The van der Waals surface area contributed by atoms with E-state index >= 15 is 0 Å². The smallest absolute Gasteiger partial charge is 0.263 e. The Kier molecular flexibility index (Phi) is 5.11. The van der Waals surface area contributed by atoms with Crippen molar-refractivity contribution in [1.82, 2.24) is 9.55 Å². The third-order valence-corrected chi connectivity index (χ3v) is 4.41. The highest BCUT2D eigenvalue weighted by Gasteiger charge is 2.18. The molecule has 0 aliphatic heterocycles. The van der Waals surface area contributed by atoms with Gasteiger partial charge in [0.05, 0.1) is 30.9 Å². The Morgan fingerprint density at radius 3 is 2.62 bits per heavy atom. The summed E-state index contributed by atoms with van der Waals surface area (Å²) < 4.78 is 12.1. The SMILES string of the molecule is CCCCc1c(O)c2cccnc2n(-c2ccc(OC)c(OC)c2)c1=O. The molecule has 136 valence electrons. The molecule has 0 aliphatic carbocycles. The summed E-state index contributed by atoms with van der Waals surface area (Å²) in [6.45, 7) is 2.05. The van der Waals surface area contributed by atoms with Crippen LogP contribution in [0.2, 0.25) is 0 Å². The van der Waals surface area contributed by atoms with E-state index in [1.54, 1.807) is 50.7 Å². The van der Waals surface area contributed by atoms with Gasteiger partial charge >= 0.3 is 0 Å². The third kappa shape index (κ3) is 2.98. The van der Waals surface area contributed by atoms with Gasteiger partial charge in [0, 0.05) is 12.3 Å². The summed E-state index contributed by atoms with van der Waals surface area (Å²) in [7, 11) is 3.11. The molecule has 0 saturated heterocycles. The lowest BCUT2D eigenvalue weighted by Gasteiger charge is -2.16. The minimum absolute atomic E-state index is 0.0169. The molecular weight excluding hydrogens is 332 g/mol. The first-order valence-electron chi connectivity index (χ1n) is 8.56. The molecule has 0 aliphatic rings. The second kappa shape index (κ2) is 7.47. The lowest BCUT2D eigenvalue weighted by atomic mass is 10.1. The lowest BCUT2D eigenvalue weighted by Crippen LogP contribution is -2.23. The number of pyridine rings is 2. The number of unbranched alkanes of at least 4 members (excludes halogenated alkanes) is 1. The summed E-state index contributed by atoms with van der Waals surface area (Å²) in [5.41, 5.74) is 1.15. The van der Waals surface area contributed by atoms with Crippen molar-refractivity contribution < 1.29 is 14.6 Å². The van der Waals surface area contributed by atoms with E-state index in [1.165, 1.54) is 4.57 Å². The van der Waals surface area contributed by atoms with Gasteiger partial charge in [-0.15, -0.1) is 0 Å². The van der Waals surface area contributed by atoms with Crippen molar-refractivity contribution in [3.63, 3.8) is 0 Å². The first-order valence-corrected chi connectivity index (χ1v) is 8.56. The highest BCUT2D eigenvalue weighted by Crippen LogP contribution is 2.32. The molecule has 0 saturated carbocycles. The van der Waals surface area contributed by atoms with Crippen LogP contribution < -0.4 is 15.0 Å². The molecule has 1 N–H and O–H groups in total. The fraction of sp³-hybridized carbons (Fsp3) is 0.300. The van der Waals surface area contributed by atoms with Crippen LogP contribution >= 0.6 is 0 Å². The van der Waals surface area contributed by atoms with Crippen molar-refractivity contribution in [2.45, 2.75) is 26.2 Å². The number of rotatable bonds is 6. The number of aromatic nitrogens is 2. The molecule has 0 fully saturated rings. The van der Waals surface area contributed by atoms with Gasteiger partial charge in [0.1, 0.15) is 5.75 Å². The van der Waals surface area contributed by atoms with Gasteiger partial charge in [-0.1, -0.05) is 13.3 Å². The van der Waals surface area contributed by atoms with E-state index in [-0.39, 0.29) is 11.3 Å². The van der Waals surface area contributed by atoms with Crippen molar-refractivity contribution in [3.05, 3.63) is 52.4 Å². The molecule has 0 unspecified atom stereocenters. The summed E-state index contributed by atoms with van der Waals surface area (Å²) in [4.78, 5) is 17.5. The molecule has 6 nitrogen and oxygen atoms in total. The molecule has 0 amide bonds. The summed E-state index contributed by atoms with van der Waals surface area (Å²) in [5, 5.41) is 11.2. The number of hydrogen-bond acceptors (Lipinski definition) is 5. The molecule has 0 bridgehead atoms. The van der Waals surface area contributed by atoms with E-state index in [0.717, 1.165) is 12.8 Å². The maximum Gasteiger partial charge on any atom is 0.263 e. The molecule has 1 aromatic carbocycles. The van der Waals surface area contributed by atoms with E-state index in [2.05, 4.69) is 4.98 Å². The molecule has 6 heteroatoms. The van der Waals surface area contributed by atoms with Crippen molar-refractivity contribution in [3.8, 4) is 22.9 Å². The van der Waals surface area contributed by atoms with Crippen LogP contribution in [0.3, 0.4) is 0 Å². The van der Waals surface area contributed by atoms with Crippen molar-refractivity contribution >= 4 is 11.0 Å². The fourth-order valence-corrected chi connectivity index (χ4v) is 3.04. The van der Waals surface area contributed by atoms with Crippen LogP contribution in [-0.4, -0.2) is 28.9 Å². The van der Waals surface area contributed by atoms with Gasteiger partial charge in [0.25, 0.3) is 5.56 Å². The van der Waals surface area contributed by atoms with E-state index in [9.17, 15) is 9.90 Å². The molecule has 0 atom stereocenters. The predicted molar refractivity (Wildman–Crippen MR) is 101 cm³/mol. The highest BCUT2D eigenvalue weighted by atomic mass is 16.5. The van der Waals surface area contributed by atoms with Crippen LogP contribution in [0.4, 0.5) is 0 Å². The minimum atomic E-state index is -0.269. The quantitative estimate of drug-likeness (QED) is 0.734. The fourth-order valence-electron chi connectivity index (χ4n) is 3.04. The van der Waals surface area contributed by atoms with Crippen molar-refractivity contribution in [1.29, 1.82) is 0 Å². The number of aromatic hydroxyl groups is 1. The molecule has 3 rings (SSSR count). The second-order valence-electron chi connectivity index (χ2n) is 5.99. The summed E-state index contributed by atoms with van der Waals surface area (Å²) >= 11 is 0. The normalized spacial score (nSPS) is 10.9. The van der Waals surface area contributed by atoms with Crippen molar-refractivity contribution in [2.24, 2.45) is 0 Å². The number of hydrogen-bond donors (Lipinski definition) is 1. The standard InChI is InChI=1S/C20H22N2O4/c1-4-5-7-15-18(23)14-8-6-11-21-19(14)22(20(15)24)13-9-10-16(25-2)17(12-13)26-3/h6,8-12,23H,4-5,7H2,1-3H3. The van der Waals surface area contributed by atoms with Gasteiger partial charge in [-0.25, -0.2) is 4.98 Å². The van der Waals surface area contributed by atoms with Gasteiger partial charge in [-0.2, -0.15) is 0 Å². The number of nitrogens with zero attached hydrogens (tertiary/aromatic N) is 2. The maximum atomic E-state index is 13.2.